The van der Waals surface area contributed by atoms with E-state index in [0.29, 0.717) is 13.2 Å². The van der Waals surface area contributed by atoms with Gasteiger partial charge in [-0.25, -0.2) is 0 Å². The molecule has 2 rings (SSSR count). The molecule has 0 saturated carbocycles. The topological polar surface area (TPSA) is 30.5 Å². The Morgan fingerprint density at radius 1 is 0.955 bits per heavy atom. The van der Waals surface area contributed by atoms with Gasteiger partial charge in [-0.05, 0) is 48.7 Å². The summed E-state index contributed by atoms with van der Waals surface area (Å²) in [4.78, 5) is 0. The lowest BCUT2D eigenvalue weighted by Crippen LogP contribution is -2.17. The zero-order valence-corrected chi connectivity index (χ0v) is 13.5. The van der Waals surface area contributed by atoms with Gasteiger partial charge < -0.3 is 14.8 Å². The number of methoxy groups -OCH3 is 1. The zero-order valence-electron chi connectivity index (χ0n) is 13.5. The van der Waals surface area contributed by atoms with Crippen molar-refractivity contribution < 1.29 is 9.47 Å². The van der Waals surface area contributed by atoms with E-state index in [2.05, 4.69) is 48.6 Å². The van der Waals surface area contributed by atoms with Gasteiger partial charge in [-0.1, -0.05) is 36.4 Å². The molecule has 3 nitrogen and oxygen atoms in total. The van der Waals surface area contributed by atoms with Gasteiger partial charge >= 0.3 is 0 Å². The highest BCUT2D eigenvalue weighted by molar-refractivity contribution is 5.27. The van der Waals surface area contributed by atoms with Gasteiger partial charge in [0.15, 0.2) is 0 Å². The molecule has 0 aliphatic carbocycles. The Morgan fingerprint density at radius 2 is 1.73 bits per heavy atom. The Bertz CT molecular complexity index is 552. The minimum Gasteiger partial charge on any atom is -0.491 e. The molecule has 3 heteroatoms. The first-order valence-electron chi connectivity index (χ1n) is 7.75. The molecule has 2 aromatic rings. The van der Waals surface area contributed by atoms with E-state index in [9.17, 15) is 0 Å². The van der Waals surface area contributed by atoms with Gasteiger partial charge in [0.2, 0.25) is 0 Å². The third kappa shape index (κ3) is 5.51. The summed E-state index contributed by atoms with van der Waals surface area (Å²) >= 11 is 0. The molecule has 22 heavy (non-hydrogen) atoms. The van der Waals surface area contributed by atoms with E-state index in [1.807, 2.05) is 12.1 Å². The molecule has 1 N–H and O–H groups in total. The van der Waals surface area contributed by atoms with E-state index >= 15 is 0 Å². The molecule has 118 valence electrons. The summed E-state index contributed by atoms with van der Waals surface area (Å²) in [5.41, 5.74) is 4.04. The zero-order chi connectivity index (χ0) is 15.6. The second-order valence-electron chi connectivity index (χ2n) is 5.34. The number of benzene rings is 2. The Labute approximate surface area is 133 Å². The van der Waals surface area contributed by atoms with Gasteiger partial charge in [-0.15, -0.1) is 0 Å². The van der Waals surface area contributed by atoms with Gasteiger partial charge in [-0.2, -0.15) is 0 Å². The molecule has 0 spiro atoms. The van der Waals surface area contributed by atoms with Crippen LogP contribution in [0.5, 0.6) is 5.75 Å². The summed E-state index contributed by atoms with van der Waals surface area (Å²) in [6.07, 6.45) is 1.06. The van der Waals surface area contributed by atoms with E-state index in [-0.39, 0.29) is 0 Å². The van der Waals surface area contributed by atoms with Gasteiger partial charge in [0.05, 0.1) is 6.61 Å². The predicted octanol–water partition coefficient (Wildman–Crippen LogP) is 3.35. The highest BCUT2D eigenvalue weighted by atomic mass is 16.5. The third-order valence-electron chi connectivity index (χ3n) is 3.64. The highest BCUT2D eigenvalue weighted by Crippen LogP contribution is 2.12. The van der Waals surface area contributed by atoms with Gasteiger partial charge in [0.1, 0.15) is 12.4 Å². The average molecular weight is 299 g/mol. The SMILES string of the molecule is COCCOc1ccc(CNCCc2ccccc2C)cc1. The fourth-order valence-corrected chi connectivity index (χ4v) is 2.29. The van der Waals surface area contributed by atoms with Crippen molar-refractivity contribution in [2.75, 3.05) is 26.9 Å². The lowest BCUT2D eigenvalue weighted by molar-refractivity contribution is 0.146. The Balaban J connectivity index is 1.70. The summed E-state index contributed by atoms with van der Waals surface area (Å²) in [5, 5.41) is 3.49. The molecule has 2 aromatic carbocycles. The van der Waals surface area contributed by atoms with E-state index < -0.39 is 0 Å². The fraction of sp³-hybridized carbons (Fsp3) is 0.368. The van der Waals surface area contributed by atoms with Crippen molar-refractivity contribution in [2.24, 2.45) is 0 Å². The molecule has 0 aliphatic rings. The average Bonchev–Trinajstić information content (AvgIpc) is 2.55. The first-order chi connectivity index (χ1) is 10.8. The second-order valence-corrected chi connectivity index (χ2v) is 5.34. The summed E-state index contributed by atoms with van der Waals surface area (Å²) in [7, 11) is 1.68. The van der Waals surface area contributed by atoms with Crippen molar-refractivity contribution in [3.63, 3.8) is 0 Å². The predicted molar refractivity (Wildman–Crippen MR) is 90.4 cm³/mol. The minimum atomic E-state index is 0.588. The van der Waals surface area contributed by atoms with Gasteiger partial charge in [-0.3, -0.25) is 0 Å². The number of rotatable bonds is 9. The molecular formula is C19H25NO2. The van der Waals surface area contributed by atoms with Crippen LogP contribution in [0, 0.1) is 6.92 Å². The fourth-order valence-electron chi connectivity index (χ4n) is 2.29. The number of aryl methyl sites for hydroxylation is 1. The number of ether oxygens (including phenoxy) is 2. The minimum absolute atomic E-state index is 0.588. The maximum Gasteiger partial charge on any atom is 0.119 e. The lowest BCUT2D eigenvalue weighted by Gasteiger charge is -2.09. The smallest absolute Gasteiger partial charge is 0.119 e. The van der Waals surface area contributed by atoms with Gasteiger partial charge in [0.25, 0.3) is 0 Å². The molecule has 0 heterocycles. The van der Waals surface area contributed by atoms with E-state index in [1.54, 1.807) is 7.11 Å². The van der Waals surface area contributed by atoms with Gasteiger partial charge in [0, 0.05) is 13.7 Å². The Hall–Kier alpha value is -1.84. The van der Waals surface area contributed by atoms with Crippen molar-refractivity contribution in [1.82, 2.24) is 5.32 Å². The molecule has 0 atom stereocenters. The molecule has 0 aliphatic heterocycles. The van der Waals surface area contributed by atoms with Crippen LogP contribution in [0.25, 0.3) is 0 Å². The summed E-state index contributed by atoms with van der Waals surface area (Å²) in [6.45, 7) is 5.23. The largest absolute Gasteiger partial charge is 0.491 e. The Kier molecular flexibility index (Phi) is 6.94. The van der Waals surface area contributed by atoms with Crippen LogP contribution in [0.4, 0.5) is 0 Å². The van der Waals surface area contributed by atoms with Crippen LogP contribution >= 0.6 is 0 Å². The molecule has 0 saturated heterocycles. The standard InChI is InChI=1S/C19H25NO2/c1-16-5-3-4-6-18(16)11-12-20-15-17-7-9-19(10-8-17)22-14-13-21-2/h3-10,20H,11-15H2,1-2H3. The monoisotopic (exact) mass is 299 g/mol. The van der Waals surface area contributed by atoms with Crippen molar-refractivity contribution in [3.8, 4) is 5.75 Å². The van der Waals surface area contributed by atoms with Crippen molar-refractivity contribution in [3.05, 3.63) is 65.2 Å². The highest BCUT2D eigenvalue weighted by Gasteiger charge is 1.98. The van der Waals surface area contributed by atoms with Crippen molar-refractivity contribution in [1.29, 1.82) is 0 Å². The summed E-state index contributed by atoms with van der Waals surface area (Å²) in [6, 6.07) is 16.8. The van der Waals surface area contributed by atoms with E-state index in [4.69, 9.17) is 9.47 Å². The molecular weight excluding hydrogens is 274 g/mol. The number of hydrogen-bond donors (Lipinski definition) is 1. The summed E-state index contributed by atoms with van der Waals surface area (Å²) in [5.74, 6) is 0.890. The molecule has 0 amide bonds. The first kappa shape index (κ1) is 16.5. The molecule has 0 bridgehead atoms. The van der Waals surface area contributed by atoms with Crippen LogP contribution in [0.1, 0.15) is 16.7 Å². The lowest BCUT2D eigenvalue weighted by atomic mass is 10.1. The maximum absolute atomic E-state index is 5.55. The van der Waals surface area contributed by atoms with Crippen molar-refractivity contribution >= 4 is 0 Å². The third-order valence-corrected chi connectivity index (χ3v) is 3.64. The van der Waals surface area contributed by atoms with Crippen LogP contribution in [0.3, 0.4) is 0 Å². The second kappa shape index (κ2) is 9.23. The maximum atomic E-state index is 5.55. The quantitative estimate of drug-likeness (QED) is 0.720. The normalized spacial score (nSPS) is 10.6. The van der Waals surface area contributed by atoms with Crippen LogP contribution in [-0.4, -0.2) is 26.9 Å². The van der Waals surface area contributed by atoms with E-state index in [1.165, 1.54) is 16.7 Å². The number of hydrogen-bond acceptors (Lipinski definition) is 3. The molecule has 0 aromatic heterocycles. The van der Waals surface area contributed by atoms with Crippen LogP contribution in [0.2, 0.25) is 0 Å². The van der Waals surface area contributed by atoms with Crippen LogP contribution < -0.4 is 10.1 Å². The summed E-state index contributed by atoms with van der Waals surface area (Å²) < 4.78 is 10.5. The molecule has 0 unspecified atom stereocenters. The van der Waals surface area contributed by atoms with Crippen molar-refractivity contribution in [2.45, 2.75) is 19.9 Å². The Morgan fingerprint density at radius 3 is 2.45 bits per heavy atom. The molecule has 0 radical (unpaired) electrons. The van der Waals surface area contributed by atoms with Crippen LogP contribution in [0.15, 0.2) is 48.5 Å². The first-order valence-corrected chi connectivity index (χ1v) is 7.75. The van der Waals surface area contributed by atoms with Crippen LogP contribution in [-0.2, 0) is 17.7 Å². The van der Waals surface area contributed by atoms with E-state index in [0.717, 1.165) is 25.3 Å². The number of nitrogens with one attached hydrogen (secondary N) is 1. The molecule has 0 fully saturated rings.